The molecule has 106 valence electrons. The first-order valence-electron chi connectivity index (χ1n) is 5.95. The molecule has 0 fully saturated rings. The van der Waals surface area contributed by atoms with E-state index in [1.54, 1.807) is 7.11 Å². The highest BCUT2D eigenvalue weighted by molar-refractivity contribution is 9.10. The molecule has 1 aromatic carbocycles. The average molecular weight is 333 g/mol. The number of nitrogens with zero attached hydrogens (tertiary/aromatic N) is 1. The minimum atomic E-state index is -0.379. The maximum atomic E-state index is 13.0. The first-order valence-corrected chi connectivity index (χ1v) is 6.74. The summed E-state index contributed by atoms with van der Waals surface area (Å²) in [5.41, 5.74) is 0.438. The fraction of sp³-hybridized carbons (Fsp3) is 0.462. The Morgan fingerprint density at radius 1 is 1.47 bits per heavy atom. The van der Waals surface area contributed by atoms with Crippen LogP contribution in [0.4, 0.5) is 4.39 Å². The maximum Gasteiger partial charge on any atom is 0.251 e. The predicted molar refractivity (Wildman–Crippen MR) is 75.8 cm³/mol. The van der Waals surface area contributed by atoms with Crippen molar-refractivity contribution in [1.82, 2.24) is 10.2 Å². The number of nitrogens with one attached hydrogen (secondary N) is 1. The van der Waals surface area contributed by atoms with Crippen LogP contribution in [-0.4, -0.2) is 51.2 Å². The molecule has 0 saturated heterocycles. The summed E-state index contributed by atoms with van der Waals surface area (Å²) in [7, 11) is 3.61. The Morgan fingerprint density at radius 2 is 2.21 bits per heavy atom. The van der Waals surface area contributed by atoms with Gasteiger partial charge in [-0.05, 0) is 41.2 Å². The lowest BCUT2D eigenvalue weighted by Gasteiger charge is -2.16. The van der Waals surface area contributed by atoms with Gasteiger partial charge in [0, 0.05) is 32.3 Å². The number of hydrogen-bond acceptors (Lipinski definition) is 3. The van der Waals surface area contributed by atoms with Crippen molar-refractivity contribution in [3.05, 3.63) is 34.1 Å². The molecule has 0 radical (unpaired) electrons. The van der Waals surface area contributed by atoms with E-state index in [4.69, 9.17) is 4.74 Å². The molecule has 0 heterocycles. The van der Waals surface area contributed by atoms with Gasteiger partial charge < -0.3 is 15.0 Å². The molecule has 1 amide bonds. The van der Waals surface area contributed by atoms with Gasteiger partial charge >= 0.3 is 0 Å². The van der Waals surface area contributed by atoms with Crippen LogP contribution in [0.2, 0.25) is 0 Å². The second kappa shape index (κ2) is 8.24. The van der Waals surface area contributed by atoms with Crippen molar-refractivity contribution in [3.63, 3.8) is 0 Å². The lowest BCUT2D eigenvalue weighted by atomic mass is 10.2. The van der Waals surface area contributed by atoms with Crippen LogP contribution in [0.15, 0.2) is 22.7 Å². The van der Waals surface area contributed by atoms with Crippen LogP contribution in [0.5, 0.6) is 0 Å². The Kier molecular flexibility index (Phi) is 6.97. The van der Waals surface area contributed by atoms with Crippen molar-refractivity contribution >= 4 is 21.8 Å². The largest absolute Gasteiger partial charge is 0.383 e. The number of halogens is 2. The molecule has 1 rings (SSSR count). The monoisotopic (exact) mass is 332 g/mol. The first kappa shape index (κ1) is 16.1. The zero-order valence-electron chi connectivity index (χ0n) is 11.1. The lowest BCUT2D eigenvalue weighted by molar-refractivity contribution is 0.0947. The first-order chi connectivity index (χ1) is 9.04. The molecule has 0 atom stereocenters. The van der Waals surface area contributed by atoms with Gasteiger partial charge in [0.25, 0.3) is 5.91 Å². The molecule has 0 bridgehead atoms. The van der Waals surface area contributed by atoms with E-state index in [9.17, 15) is 9.18 Å². The Hall–Kier alpha value is -0.980. The third-order valence-electron chi connectivity index (χ3n) is 2.64. The summed E-state index contributed by atoms with van der Waals surface area (Å²) in [5.74, 6) is -0.586. The molecular formula is C13H18BrFN2O2. The van der Waals surface area contributed by atoms with Crippen LogP contribution in [0.25, 0.3) is 0 Å². The predicted octanol–water partition coefficient (Wildman–Crippen LogP) is 1.90. The summed E-state index contributed by atoms with van der Waals surface area (Å²) >= 11 is 3.06. The van der Waals surface area contributed by atoms with E-state index in [1.165, 1.54) is 18.2 Å². The molecule has 0 aromatic heterocycles. The third-order valence-corrected chi connectivity index (χ3v) is 3.25. The van der Waals surface area contributed by atoms with Crippen molar-refractivity contribution in [2.24, 2.45) is 0 Å². The number of ether oxygens (including phenoxy) is 1. The van der Waals surface area contributed by atoms with Crippen molar-refractivity contribution in [3.8, 4) is 0 Å². The quantitative estimate of drug-likeness (QED) is 0.829. The highest BCUT2D eigenvalue weighted by Crippen LogP contribution is 2.16. The molecule has 6 heteroatoms. The van der Waals surface area contributed by atoms with Crippen LogP contribution in [0.3, 0.4) is 0 Å². The number of carbonyl (C=O) groups is 1. The number of hydrogen-bond donors (Lipinski definition) is 1. The standard InChI is InChI=1S/C13H18BrFN2O2/c1-17(7-8-19-2)6-5-16-13(18)10-3-4-12(15)11(14)9-10/h3-4,9H,5-8H2,1-2H3,(H,16,18). The second-order valence-electron chi connectivity index (χ2n) is 4.18. The molecule has 4 nitrogen and oxygen atoms in total. The number of benzene rings is 1. The van der Waals surface area contributed by atoms with Gasteiger partial charge in [0.2, 0.25) is 0 Å². The molecule has 0 aliphatic carbocycles. The molecule has 1 aromatic rings. The molecule has 19 heavy (non-hydrogen) atoms. The van der Waals surface area contributed by atoms with E-state index in [-0.39, 0.29) is 16.2 Å². The highest BCUT2D eigenvalue weighted by Gasteiger charge is 2.08. The maximum absolute atomic E-state index is 13.0. The molecule has 0 spiro atoms. The van der Waals surface area contributed by atoms with Crippen molar-refractivity contribution in [1.29, 1.82) is 0 Å². The zero-order valence-corrected chi connectivity index (χ0v) is 12.7. The Balaban J connectivity index is 2.37. The van der Waals surface area contributed by atoms with Crippen LogP contribution in [0.1, 0.15) is 10.4 Å². The number of rotatable bonds is 7. The van der Waals surface area contributed by atoms with Gasteiger partial charge in [-0.25, -0.2) is 4.39 Å². The minimum Gasteiger partial charge on any atom is -0.383 e. The number of carbonyl (C=O) groups excluding carboxylic acids is 1. The van der Waals surface area contributed by atoms with Gasteiger partial charge in [-0.3, -0.25) is 4.79 Å². The van der Waals surface area contributed by atoms with E-state index < -0.39 is 0 Å². The van der Waals surface area contributed by atoms with Crippen LogP contribution in [0, 0.1) is 5.82 Å². The van der Waals surface area contributed by atoms with E-state index in [1.807, 2.05) is 7.05 Å². The Morgan fingerprint density at radius 3 is 2.84 bits per heavy atom. The fourth-order valence-corrected chi connectivity index (χ4v) is 1.84. The number of amides is 1. The smallest absolute Gasteiger partial charge is 0.251 e. The second-order valence-corrected chi connectivity index (χ2v) is 5.04. The van der Waals surface area contributed by atoms with Gasteiger partial charge in [-0.15, -0.1) is 0 Å². The average Bonchev–Trinajstić information content (AvgIpc) is 2.39. The Labute approximate surface area is 121 Å². The zero-order chi connectivity index (χ0) is 14.3. The van der Waals surface area contributed by atoms with Gasteiger partial charge in [0.15, 0.2) is 0 Å². The van der Waals surface area contributed by atoms with Gasteiger partial charge in [0.1, 0.15) is 5.82 Å². The van der Waals surface area contributed by atoms with Gasteiger partial charge in [0.05, 0.1) is 11.1 Å². The summed E-state index contributed by atoms with van der Waals surface area (Å²) in [5, 5.41) is 2.79. The highest BCUT2D eigenvalue weighted by atomic mass is 79.9. The molecule has 0 unspecified atom stereocenters. The summed E-state index contributed by atoms with van der Waals surface area (Å²) in [4.78, 5) is 13.9. The minimum absolute atomic E-state index is 0.208. The van der Waals surface area contributed by atoms with Crippen LogP contribution < -0.4 is 5.32 Å². The lowest BCUT2D eigenvalue weighted by Crippen LogP contribution is -2.34. The number of likely N-dealkylation sites (N-methyl/N-ethyl adjacent to an activating group) is 1. The van der Waals surface area contributed by atoms with Gasteiger partial charge in [-0.2, -0.15) is 0 Å². The molecule has 1 N–H and O–H groups in total. The van der Waals surface area contributed by atoms with Gasteiger partial charge in [-0.1, -0.05) is 0 Å². The summed E-state index contributed by atoms with van der Waals surface area (Å²) in [6.45, 7) is 2.75. The summed E-state index contributed by atoms with van der Waals surface area (Å²) in [6, 6.07) is 4.20. The normalized spacial score (nSPS) is 10.8. The summed E-state index contributed by atoms with van der Waals surface area (Å²) < 4.78 is 18.3. The molecule has 0 aliphatic rings. The van der Waals surface area contributed by atoms with E-state index in [2.05, 4.69) is 26.1 Å². The molecule has 0 aliphatic heterocycles. The third kappa shape index (κ3) is 5.67. The Bertz CT molecular complexity index is 429. The van der Waals surface area contributed by atoms with E-state index in [0.717, 1.165) is 13.1 Å². The molecule has 0 saturated carbocycles. The van der Waals surface area contributed by atoms with Crippen molar-refractivity contribution in [2.75, 3.05) is 40.4 Å². The van der Waals surface area contributed by atoms with Crippen molar-refractivity contribution < 1.29 is 13.9 Å². The van der Waals surface area contributed by atoms with Crippen LogP contribution in [-0.2, 0) is 4.74 Å². The van der Waals surface area contributed by atoms with E-state index >= 15 is 0 Å². The topological polar surface area (TPSA) is 41.6 Å². The van der Waals surface area contributed by atoms with Crippen LogP contribution >= 0.6 is 15.9 Å². The molecular weight excluding hydrogens is 315 g/mol. The van der Waals surface area contributed by atoms with Crippen molar-refractivity contribution in [2.45, 2.75) is 0 Å². The van der Waals surface area contributed by atoms with E-state index in [0.29, 0.717) is 18.7 Å². The number of methoxy groups -OCH3 is 1. The summed E-state index contributed by atoms with van der Waals surface area (Å²) in [6.07, 6.45) is 0. The fourth-order valence-electron chi connectivity index (χ4n) is 1.46. The SMILES string of the molecule is COCCN(C)CCNC(=O)c1ccc(F)c(Br)c1.